The third-order valence-corrected chi connectivity index (χ3v) is 4.38. The van der Waals surface area contributed by atoms with Crippen LogP contribution in [0.1, 0.15) is 34.2 Å². The Morgan fingerprint density at radius 3 is 2.87 bits per heavy atom. The van der Waals surface area contributed by atoms with Crippen LogP contribution in [0.25, 0.3) is 0 Å². The second kappa shape index (κ2) is 7.95. The lowest BCUT2D eigenvalue weighted by Crippen LogP contribution is -2.35. The number of carbonyl (C=O) groups excluding carboxylic acids is 1. The van der Waals surface area contributed by atoms with E-state index in [0.29, 0.717) is 12.2 Å². The second-order valence-electron chi connectivity index (χ2n) is 5.66. The number of rotatable bonds is 4. The van der Waals surface area contributed by atoms with E-state index in [9.17, 15) is 4.79 Å². The van der Waals surface area contributed by atoms with Gasteiger partial charge in [0.05, 0.1) is 0 Å². The van der Waals surface area contributed by atoms with E-state index in [1.54, 1.807) is 0 Å². The largest absolute Gasteiger partial charge is 0.348 e. The van der Waals surface area contributed by atoms with Crippen LogP contribution < -0.4 is 10.6 Å². The normalized spacial score (nSPS) is 14.5. The van der Waals surface area contributed by atoms with Crippen molar-refractivity contribution >= 4 is 34.2 Å². The smallest absolute Gasteiger partial charge is 0.272 e. The fraction of sp³-hybridized carbons (Fsp3) is 0.375. The summed E-state index contributed by atoms with van der Waals surface area (Å²) in [7, 11) is 0. The number of aromatic amines is 1. The first-order chi connectivity index (χ1) is 10.6. The zero-order valence-electron chi connectivity index (χ0n) is 12.9. The van der Waals surface area contributed by atoms with E-state index < -0.39 is 0 Å². The lowest BCUT2D eigenvalue weighted by Gasteiger charge is -2.15. The molecule has 0 spiro atoms. The SMILES string of the molecule is CC(Cc1ccc(Br)cc1)NC(=O)c1n[nH]c2c1CNCC2.Cl. The van der Waals surface area contributed by atoms with E-state index in [-0.39, 0.29) is 24.4 Å². The molecule has 2 heterocycles. The van der Waals surface area contributed by atoms with E-state index in [1.165, 1.54) is 5.56 Å². The van der Waals surface area contributed by atoms with Gasteiger partial charge in [-0.2, -0.15) is 5.10 Å². The molecule has 1 aliphatic heterocycles. The van der Waals surface area contributed by atoms with Crippen molar-refractivity contribution in [3.05, 3.63) is 51.3 Å². The Bertz CT molecular complexity index is 671. The minimum atomic E-state index is -0.106. The van der Waals surface area contributed by atoms with Gasteiger partial charge >= 0.3 is 0 Å². The van der Waals surface area contributed by atoms with E-state index >= 15 is 0 Å². The van der Waals surface area contributed by atoms with Crippen molar-refractivity contribution in [2.75, 3.05) is 6.54 Å². The van der Waals surface area contributed by atoms with E-state index in [0.717, 1.165) is 35.1 Å². The number of benzene rings is 1. The molecule has 23 heavy (non-hydrogen) atoms. The Balaban J connectivity index is 0.00000192. The van der Waals surface area contributed by atoms with E-state index in [1.807, 2.05) is 19.1 Å². The van der Waals surface area contributed by atoms with Gasteiger partial charge in [-0.3, -0.25) is 9.89 Å². The van der Waals surface area contributed by atoms with Crippen LogP contribution in [0.2, 0.25) is 0 Å². The van der Waals surface area contributed by atoms with Crippen molar-refractivity contribution in [2.24, 2.45) is 0 Å². The highest BCUT2D eigenvalue weighted by Gasteiger charge is 2.22. The molecule has 3 rings (SSSR count). The summed E-state index contributed by atoms with van der Waals surface area (Å²) in [5, 5.41) is 13.5. The number of hydrogen-bond donors (Lipinski definition) is 3. The first-order valence-corrected chi connectivity index (χ1v) is 8.25. The summed E-state index contributed by atoms with van der Waals surface area (Å²) in [6.07, 6.45) is 1.69. The standard InChI is InChI=1S/C16H19BrN4O.ClH/c1-10(8-11-2-4-12(17)5-3-11)19-16(22)15-13-9-18-7-6-14(13)20-21-15;/h2-5,10,18H,6-9H2,1H3,(H,19,22)(H,20,21);1H. The highest BCUT2D eigenvalue weighted by Crippen LogP contribution is 2.16. The summed E-state index contributed by atoms with van der Waals surface area (Å²) in [5.41, 5.74) is 3.79. The molecular formula is C16H20BrClN4O. The summed E-state index contributed by atoms with van der Waals surface area (Å²) in [6, 6.07) is 8.21. The van der Waals surface area contributed by atoms with Gasteiger partial charge in [-0.05, 0) is 31.0 Å². The molecule has 1 aromatic carbocycles. The lowest BCUT2D eigenvalue weighted by molar-refractivity contribution is 0.0934. The molecule has 1 atom stereocenters. The third kappa shape index (κ3) is 4.34. The van der Waals surface area contributed by atoms with E-state index in [2.05, 4.69) is 48.9 Å². The average molecular weight is 400 g/mol. The molecule has 0 bridgehead atoms. The molecule has 124 valence electrons. The Hall–Kier alpha value is -1.37. The second-order valence-corrected chi connectivity index (χ2v) is 6.58. The van der Waals surface area contributed by atoms with Gasteiger partial charge < -0.3 is 10.6 Å². The Morgan fingerprint density at radius 1 is 1.39 bits per heavy atom. The van der Waals surface area contributed by atoms with Crippen LogP contribution in [0.3, 0.4) is 0 Å². The molecule has 0 radical (unpaired) electrons. The lowest BCUT2D eigenvalue weighted by atomic mass is 10.1. The van der Waals surface area contributed by atoms with Crippen LogP contribution in [0.5, 0.6) is 0 Å². The van der Waals surface area contributed by atoms with Crippen molar-refractivity contribution in [3.63, 3.8) is 0 Å². The fourth-order valence-corrected chi connectivity index (χ4v) is 2.99. The van der Waals surface area contributed by atoms with Gasteiger partial charge in [-0.1, -0.05) is 28.1 Å². The van der Waals surface area contributed by atoms with Crippen LogP contribution in [0, 0.1) is 0 Å². The van der Waals surface area contributed by atoms with Crippen molar-refractivity contribution in [2.45, 2.75) is 32.4 Å². The first-order valence-electron chi connectivity index (χ1n) is 7.45. The quantitative estimate of drug-likeness (QED) is 0.740. The van der Waals surface area contributed by atoms with Gasteiger partial charge in [-0.15, -0.1) is 12.4 Å². The van der Waals surface area contributed by atoms with Crippen molar-refractivity contribution in [1.29, 1.82) is 0 Å². The summed E-state index contributed by atoms with van der Waals surface area (Å²) in [6.45, 7) is 3.64. The number of halogens is 2. The number of H-pyrrole nitrogens is 1. The van der Waals surface area contributed by atoms with Crippen LogP contribution >= 0.6 is 28.3 Å². The van der Waals surface area contributed by atoms with Gasteiger partial charge in [0, 0.05) is 41.3 Å². The maximum Gasteiger partial charge on any atom is 0.272 e. The summed E-state index contributed by atoms with van der Waals surface area (Å²) in [5.74, 6) is -0.106. The molecule has 1 amide bonds. The molecular weight excluding hydrogens is 380 g/mol. The maximum atomic E-state index is 12.4. The zero-order chi connectivity index (χ0) is 15.5. The van der Waals surface area contributed by atoms with Crippen molar-refractivity contribution < 1.29 is 4.79 Å². The predicted molar refractivity (Wildman–Crippen MR) is 96.0 cm³/mol. The topological polar surface area (TPSA) is 69.8 Å². The molecule has 0 aliphatic carbocycles. The van der Waals surface area contributed by atoms with Gasteiger partial charge in [0.1, 0.15) is 0 Å². The van der Waals surface area contributed by atoms with Crippen LogP contribution in [-0.2, 0) is 19.4 Å². The number of nitrogens with one attached hydrogen (secondary N) is 3. The molecule has 1 aromatic heterocycles. The molecule has 5 nitrogen and oxygen atoms in total. The molecule has 3 N–H and O–H groups in total. The molecule has 7 heteroatoms. The van der Waals surface area contributed by atoms with Crippen LogP contribution in [-0.4, -0.2) is 28.7 Å². The number of amides is 1. The molecule has 1 aliphatic rings. The summed E-state index contributed by atoms with van der Waals surface area (Å²) in [4.78, 5) is 12.4. The molecule has 0 saturated carbocycles. The van der Waals surface area contributed by atoms with Crippen molar-refractivity contribution in [3.8, 4) is 0 Å². The Morgan fingerprint density at radius 2 is 2.13 bits per heavy atom. The zero-order valence-corrected chi connectivity index (χ0v) is 15.3. The third-order valence-electron chi connectivity index (χ3n) is 3.85. The van der Waals surface area contributed by atoms with Gasteiger partial charge in [0.25, 0.3) is 5.91 Å². The van der Waals surface area contributed by atoms with Crippen LogP contribution in [0.15, 0.2) is 28.7 Å². The van der Waals surface area contributed by atoms with Gasteiger partial charge in [-0.25, -0.2) is 0 Å². The van der Waals surface area contributed by atoms with E-state index in [4.69, 9.17) is 0 Å². The molecule has 2 aromatic rings. The monoisotopic (exact) mass is 398 g/mol. The number of nitrogens with zero attached hydrogens (tertiary/aromatic N) is 1. The number of carbonyl (C=O) groups is 1. The number of aromatic nitrogens is 2. The number of hydrogen-bond acceptors (Lipinski definition) is 3. The predicted octanol–water partition coefficient (Wildman–Crippen LogP) is 2.60. The maximum absolute atomic E-state index is 12.4. The molecule has 0 saturated heterocycles. The Labute approximate surface area is 150 Å². The van der Waals surface area contributed by atoms with Gasteiger partial charge in [0.15, 0.2) is 5.69 Å². The first kappa shape index (κ1) is 18.0. The molecule has 1 unspecified atom stereocenters. The van der Waals surface area contributed by atoms with Crippen LogP contribution in [0.4, 0.5) is 0 Å². The minimum Gasteiger partial charge on any atom is -0.348 e. The molecule has 0 fully saturated rings. The fourth-order valence-electron chi connectivity index (χ4n) is 2.73. The number of fused-ring (bicyclic) bond motifs is 1. The summed E-state index contributed by atoms with van der Waals surface area (Å²) < 4.78 is 1.06. The van der Waals surface area contributed by atoms with Crippen molar-refractivity contribution in [1.82, 2.24) is 20.8 Å². The Kier molecular flexibility index (Phi) is 6.21. The van der Waals surface area contributed by atoms with Gasteiger partial charge in [0.2, 0.25) is 0 Å². The minimum absolute atomic E-state index is 0. The average Bonchev–Trinajstić information content (AvgIpc) is 2.93. The highest BCUT2D eigenvalue weighted by molar-refractivity contribution is 9.10. The highest BCUT2D eigenvalue weighted by atomic mass is 79.9. The summed E-state index contributed by atoms with van der Waals surface area (Å²) >= 11 is 3.43.